The Labute approximate surface area is 105 Å². The fourth-order valence-electron chi connectivity index (χ4n) is 1.02. The molecule has 0 atom stereocenters. The lowest BCUT2D eigenvalue weighted by atomic mass is 10.3. The van der Waals surface area contributed by atoms with Crippen molar-refractivity contribution in [3.05, 3.63) is 24.0 Å². The van der Waals surface area contributed by atoms with Crippen molar-refractivity contribution < 1.29 is 38.1 Å². The first kappa shape index (κ1) is 13.7. The summed E-state index contributed by atoms with van der Waals surface area (Å²) in [4.78, 5) is 12.3. The van der Waals surface area contributed by atoms with Gasteiger partial charge in [0, 0.05) is 6.07 Å². The minimum absolute atomic E-state index is 0. The number of hydrogen-bond acceptors (Lipinski definition) is 3. The van der Waals surface area contributed by atoms with Gasteiger partial charge in [0.1, 0.15) is 7.05 Å². The Kier molecular flexibility index (Phi) is 6.10. The van der Waals surface area contributed by atoms with Crippen LogP contribution in [0.5, 0.6) is 0 Å². The summed E-state index contributed by atoms with van der Waals surface area (Å²) in [6.07, 6.45) is 3.89. The van der Waals surface area contributed by atoms with Crippen molar-refractivity contribution in [2.24, 2.45) is 7.05 Å². The molecule has 0 saturated carbocycles. The van der Waals surface area contributed by atoms with Crippen LogP contribution in [0.25, 0.3) is 0 Å². The number of methoxy groups -OCH3 is 1. The molecule has 0 aliphatic heterocycles. The third kappa shape index (κ3) is 3.13. The van der Waals surface area contributed by atoms with Gasteiger partial charge in [0.2, 0.25) is 0 Å². The number of aryl methyl sites for hydroxylation is 1. The van der Waals surface area contributed by atoms with E-state index in [9.17, 15) is 4.79 Å². The number of hydrogen-bond donors (Lipinski definition) is 0. The monoisotopic (exact) mass is 325 g/mol. The molecule has 0 saturated heterocycles. The molecule has 0 aliphatic rings. The van der Waals surface area contributed by atoms with Crippen LogP contribution in [0.2, 0.25) is 0 Å². The number of pyridine rings is 1. The molecule has 0 fully saturated rings. The molecule has 78 valence electrons. The molecule has 0 bridgehead atoms. The Hall–Kier alpha value is -0.300. The summed E-state index contributed by atoms with van der Waals surface area (Å²) in [6, 6.07) is 3.66. The average Bonchev–Trinajstić information content (AvgIpc) is 2.16. The zero-order valence-corrected chi connectivity index (χ0v) is 11.3. The van der Waals surface area contributed by atoms with Crippen LogP contribution in [-0.4, -0.2) is 19.3 Å². The Balaban J connectivity index is 0.00000169. The Morgan fingerprint density at radius 2 is 2.14 bits per heavy atom. The zero-order valence-electron chi connectivity index (χ0n) is 8.28. The molecular weight excluding hydrogens is 313 g/mol. The van der Waals surface area contributed by atoms with E-state index >= 15 is 0 Å². The lowest BCUT2D eigenvalue weighted by molar-refractivity contribution is -0.675. The van der Waals surface area contributed by atoms with Crippen LogP contribution in [0.4, 0.5) is 0 Å². The molecule has 0 aliphatic carbocycles. The molecule has 14 heavy (non-hydrogen) atoms. The predicted octanol–water partition coefficient (Wildman–Crippen LogP) is -1.98. The highest BCUT2D eigenvalue weighted by molar-refractivity contribution is 7.98. The second-order valence-electron chi connectivity index (χ2n) is 2.56. The van der Waals surface area contributed by atoms with E-state index in [1.807, 2.05) is 25.6 Å². The highest BCUT2D eigenvalue weighted by Crippen LogP contribution is 2.11. The highest BCUT2D eigenvalue weighted by Gasteiger charge is 2.16. The number of rotatable bonds is 2. The molecular formula is C9H12INO2S. The highest BCUT2D eigenvalue weighted by atomic mass is 127. The van der Waals surface area contributed by atoms with E-state index in [4.69, 9.17) is 0 Å². The van der Waals surface area contributed by atoms with Gasteiger partial charge in [0.15, 0.2) is 6.20 Å². The smallest absolute Gasteiger partial charge is 0.403 e. The van der Waals surface area contributed by atoms with Crippen LogP contribution in [-0.2, 0) is 11.8 Å². The lowest BCUT2D eigenvalue weighted by Crippen LogP contribution is -3.00. The number of nitrogens with zero attached hydrogens (tertiary/aromatic N) is 1. The van der Waals surface area contributed by atoms with Crippen molar-refractivity contribution in [3.63, 3.8) is 0 Å². The summed E-state index contributed by atoms with van der Waals surface area (Å²) < 4.78 is 6.39. The molecule has 5 heteroatoms. The molecule has 1 aromatic rings. The number of carbonyl (C=O) groups is 1. The number of aromatic nitrogens is 1. The standard InChI is InChI=1S/C9H12NO2S.HI/c1-10-6-7(13-3)4-5-8(10)9(11)12-2;/h4-6H,1-3H3;1H/q+1;/p-1. The summed E-state index contributed by atoms with van der Waals surface area (Å²) in [5, 5.41) is 0. The Bertz CT molecular complexity index is 331. The van der Waals surface area contributed by atoms with Crippen molar-refractivity contribution in [1.82, 2.24) is 0 Å². The molecule has 1 heterocycles. The lowest BCUT2D eigenvalue weighted by Gasteiger charge is -1.98. The normalized spacial score (nSPS) is 9.07. The van der Waals surface area contributed by atoms with E-state index in [0.29, 0.717) is 5.69 Å². The summed E-state index contributed by atoms with van der Waals surface area (Å²) in [7, 11) is 3.21. The number of esters is 1. The van der Waals surface area contributed by atoms with E-state index in [1.54, 1.807) is 22.4 Å². The van der Waals surface area contributed by atoms with E-state index in [0.717, 1.165) is 4.90 Å². The SMILES string of the molecule is COC(=O)c1ccc(SC)c[n+]1C.[I-]. The quantitative estimate of drug-likeness (QED) is 0.273. The third-order valence-electron chi connectivity index (χ3n) is 1.74. The number of ether oxygens (including phenoxy) is 1. The summed E-state index contributed by atoms with van der Waals surface area (Å²) in [5.74, 6) is -0.310. The first-order chi connectivity index (χ1) is 6.19. The molecule has 0 radical (unpaired) electrons. The Morgan fingerprint density at radius 3 is 2.57 bits per heavy atom. The van der Waals surface area contributed by atoms with Crippen molar-refractivity contribution in [2.45, 2.75) is 4.90 Å². The largest absolute Gasteiger partial charge is 1.00 e. The summed E-state index contributed by atoms with van der Waals surface area (Å²) >= 11 is 1.64. The van der Waals surface area contributed by atoms with E-state index in [-0.39, 0.29) is 29.9 Å². The maximum Gasteiger partial charge on any atom is 0.403 e. The predicted molar refractivity (Wildman–Crippen MR) is 50.7 cm³/mol. The topological polar surface area (TPSA) is 30.2 Å². The van der Waals surface area contributed by atoms with Gasteiger partial charge in [-0.3, -0.25) is 0 Å². The van der Waals surface area contributed by atoms with Gasteiger partial charge >= 0.3 is 5.97 Å². The number of carbonyl (C=O) groups excluding carboxylic acids is 1. The van der Waals surface area contributed by atoms with Crippen LogP contribution in [0, 0.1) is 0 Å². The summed E-state index contributed by atoms with van der Waals surface area (Å²) in [6.45, 7) is 0. The fourth-order valence-corrected chi connectivity index (χ4v) is 1.49. The van der Waals surface area contributed by atoms with Crippen LogP contribution in [0.3, 0.4) is 0 Å². The Morgan fingerprint density at radius 1 is 1.50 bits per heavy atom. The molecule has 0 N–H and O–H groups in total. The minimum Gasteiger partial charge on any atom is -1.00 e. The van der Waals surface area contributed by atoms with Gasteiger partial charge in [-0.2, -0.15) is 4.57 Å². The number of halogens is 1. The van der Waals surface area contributed by atoms with Gasteiger partial charge < -0.3 is 28.7 Å². The molecule has 0 amide bonds. The molecule has 0 aromatic carbocycles. The van der Waals surface area contributed by atoms with Crippen LogP contribution >= 0.6 is 11.8 Å². The summed E-state index contributed by atoms with van der Waals surface area (Å²) in [5.41, 5.74) is 0.556. The van der Waals surface area contributed by atoms with Crippen molar-refractivity contribution in [1.29, 1.82) is 0 Å². The van der Waals surface area contributed by atoms with Gasteiger partial charge in [-0.05, 0) is 12.3 Å². The van der Waals surface area contributed by atoms with Crippen LogP contribution in [0.1, 0.15) is 10.5 Å². The van der Waals surface area contributed by atoms with E-state index < -0.39 is 0 Å². The van der Waals surface area contributed by atoms with E-state index in [1.165, 1.54) is 7.11 Å². The number of thioether (sulfide) groups is 1. The molecule has 0 unspecified atom stereocenters. The van der Waals surface area contributed by atoms with Crippen molar-refractivity contribution in [2.75, 3.05) is 13.4 Å². The maximum atomic E-state index is 11.2. The van der Waals surface area contributed by atoms with Gasteiger partial charge in [0.25, 0.3) is 5.69 Å². The average molecular weight is 325 g/mol. The fraction of sp³-hybridized carbons (Fsp3) is 0.333. The second-order valence-corrected chi connectivity index (χ2v) is 3.44. The minimum atomic E-state index is -0.310. The van der Waals surface area contributed by atoms with Crippen molar-refractivity contribution >= 4 is 17.7 Å². The van der Waals surface area contributed by atoms with Gasteiger partial charge in [-0.15, -0.1) is 11.8 Å². The van der Waals surface area contributed by atoms with Gasteiger partial charge in [-0.25, -0.2) is 4.79 Å². The second kappa shape index (κ2) is 6.23. The molecule has 3 nitrogen and oxygen atoms in total. The first-order valence-corrected chi connectivity index (χ1v) is 5.03. The molecule has 1 rings (SSSR count). The van der Waals surface area contributed by atoms with Gasteiger partial charge in [-0.1, -0.05) is 0 Å². The van der Waals surface area contributed by atoms with Crippen LogP contribution in [0.15, 0.2) is 23.2 Å². The molecule has 0 spiro atoms. The van der Waals surface area contributed by atoms with Crippen LogP contribution < -0.4 is 28.5 Å². The zero-order chi connectivity index (χ0) is 9.84. The van der Waals surface area contributed by atoms with E-state index in [2.05, 4.69) is 4.74 Å². The molecule has 1 aromatic heterocycles. The maximum absolute atomic E-state index is 11.2. The van der Waals surface area contributed by atoms with Gasteiger partial charge in [0.05, 0.1) is 12.0 Å². The van der Waals surface area contributed by atoms with Crippen molar-refractivity contribution in [3.8, 4) is 0 Å². The first-order valence-electron chi connectivity index (χ1n) is 3.81. The third-order valence-corrected chi connectivity index (χ3v) is 2.45.